The van der Waals surface area contributed by atoms with Crippen LogP contribution in [0.4, 0.5) is 8.78 Å². The molecule has 0 aliphatic heterocycles. The van der Waals surface area contributed by atoms with Crippen molar-refractivity contribution >= 4 is 6.21 Å². The van der Waals surface area contributed by atoms with Crippen LogP contribution in [-0.4, -0.2) is 12.1 Å². The van der Waals surface area contributed by atoms with E-state index in [9.17, 15) is 8.78 Å². The van der Waals surface area contributed by atoms with E-state index in [2.05, 4.69) is 11.6 Å². The van der Waals surface area contributed by atoms with Gasteiger partial charge in [-0.2, -0.15) is 5.26 Å². The Morgan fingerprint density at radius 1 is 1.43 bits per heavy atom. The minimum Gasteiger partial charge on any atom is -0.246 e. The SMILES string of the molecule is C=C(C#N)N=CC(=C\C)/C(/C=C\CC)=C\C(C)C(C)(F)F. The normalized spacial score (nSPS) is 15.5. The highest BCUT2D eigenvalue weighted by Crippen LogP contribution is 2.27. The molecule has 0 saturated carbocycles. The van der Waals surface area contributed by atoms with E-state index in [1.165, 1.54) is 19.2 Å². The van der Waals surface area contributed by atoms with Gasteiger partial charge in [-0.15, -0.1) is 0 Å². The predicted molar refractivity (Wildman–Crippen MR) is 84.3 cm³/mol. The molecule has 114 valence electrons. The van der Waals surface area contributed by atoms with Crippen molar-refractivity contribution in [3.05, 3.63) is 47.7 Å². The highest BCUT2D eigenvalue weighted by atomic mass is 19.3. The second kappa shape index (κ2) is 9.02. The first-order chi connectivity index (χ1) is 9.76. The van der Waals surface area contributed by atoms with Crippen LogP contribution in [-0.2, 0) is 0 Å². The fourth-order valence-electron chi connectivity index (χ4n) is 1.40. The van der Waals surface area contributed by atoms with Gasteiger partial charge in [0, 0.05) is 12.1 Å². The van der Waals surface area contributed by atoms with Crippen LogP contribution >= 0.6 is 0 Å². The molecule has 0 radical (unpaired) electrons. The van der Waals surface area contributed by atoms with Gasteiger partial charge in [0.15, 0.2) is 0 Å². The lowest BCUT2D eigenvalue weighted by Gasteiger charge is -2.17. The third-order valence-corrected chi connectivity index (χ3v) is 2.90. The van der Waals surface area contributed by atoms with Gasteiger partial charge in [0.25, 0.3) is 5.92 Å². The fourth-order valence-corrected chi connectivity index (χ4v) is 1.40. The molecule has 0 heterocycles. The molecule has 0 fully saturated rings. The Hall–Kier alpha value is -2.02. The molecule has 1 atom stereocenters. The summed E-state index contributed by atoms with van der Waals surface area (Å²) < 4.78 is 26.7. The molecule has 1 unspecified atom stereocenters. The third-order valence-electron chi connectivity index (χ3n) is 2.90. The largest absolute Gasteiger partial charge is 0.251 e. The second-order valence-electron chi connectivity index (χ2n) is 4.74. The summed E-state index contributed by atoms with van der Waals surface area (Å²) in [6.07, 6.45) is 9.23. The van der Waals surface area contributed by atoms with Gasteiger partial charge in [0.1, 0.15) is 11.8 Å². The average Bonchev–Trinajstić information content (AvgIpc) is 2.43. The molecule has 2 nitrogen and oxygen atoms in total. The van der Waals surface area contributed by atoms with Gasteiger partial charge in [-0.25, -0.2) is 13.8 Å². The molecule has 0 aliphatic carbocycles. The molecule has 0 saturated heterocycles. The summed E-state index contributed by atoms with van der Waals surface area (Å²) in [5, 5.41) is 8.64. The minimum absolute atomic E-state index is 0.0713. The predicted octanol–water partition coefficient (Wildman–Crippen LogP) is 5.22. The Kier molecular flexibility index (Phi) is 8.15. The van der Waals surface area contributed by atoms with E-state index >= 15 is 0 Å². The summed E-state index contributed by atoms with van der Waals surface area (Å²) in [6.45, 7) is 9.58. The van der Waals surface area contributed by atoms with E-state index in [1.54, 1.807) is 19.1 Å². The zero-order valence-corrected chi connectivity index (χ0v) is 13.0. The summed E-state index contributed by atoms with van der Waals surface area (Å²) in [5.74, 6) is -3.70. The number of nitrogens with zero attached hydrogens (tertiary/aromatic N) is 2. The molecule has 0 rings (SSSR count). The average molecular weight is 292 g/mol. The number of alkyl halides is 2. The van der Waals surface area contributed by atoms with Crippen molar-refractivity contribution in [3.8, 4) is 6.07 Å². The lowest BCUT2D eigenvalue weighted by Crippen LogP contribution is -2.19. The summed E-state index contributed by atoms with van der Waals surface area (Å²) in [6, 6.07) is 1.81. The monoisotopic (exact) mass is 292 g/mol. The Bertz CT molecular complexity index is 512. The summed E-state index contributed by atoms with van der Waals surface area (Å²) >= 11 is 0. The zero-order valence-electron chi connectivity index (χ0n) is 13.0. The van der Waals surface area contributed by atoms with E-state index in [0.717, 1.165) is 13.3 Å². The van der Waals surface area contributed by atoms with Crippen LogP contribution < -0.4 is 0 Å². The molecular weight excluding hydrogens is 270 g/mol. The van der Waals surface area contributed by atoms with Crippen molar-refractivity contribution < 1.29 is 8.78 Å². The maximum absolute atomic E-state index is 13.4. The summed E-state index contributed by atoms with van der Waals surface area (Å²) in [5.41, 5.74) is 1.40. The summed E-state index contributed by atoms with van der Waals surface area (Å²) in [4.78, 5) is 3.90. The molecule has 0 amide bonds. The third kappa shape index (κ3) is 7.36. The summed E-state index contributed by atoms with van der Waals surface area (Å²) in [7, 11) is 0. The highest BCUT2D eigenvalue weighted by molar-refractivity contribution is 5.86. The van der Waals surface area contributed by atoms with Gasteiger partial charge >= 0.3 is 0 Å². The van der Waals surface area contributed by atoms with E-state index in [0.29, 0.717) is 11.1 Å². The number of hydrogen-bond donors (Lipinski definition) is 0. The van der Waals surface area contributed by atoms with Gasteiger partial charge < -0.3 is 0 Å². The molecule has 0 N–H and O–H groups in total. The van der Waals surface area contributed by atoms with Crippen LogP contribution in [0.1, 0.15) is 34.1 Å². The molecule has 4 heteroatoms. The van der Waals surface area contributed by atoms with Crippen LogP contribution in [0, 0.1) is 17.2 Å². The number of aliphatic imine (C=N–C) groups is 1. The lowest BCUT2D eigenvalue weighted by molar-refractivity contribution is -0.0143. The Balaban J connectivity index is 5.55. The lowest BCUT2D eigenvalue weighted by atomic mass is 9.97. The van der Waals surface area contributed by atoms with Crippen molar-refractivity contribution in [2.45, 2.75) is 40.0 Å². The van der Waals surface area contributed by atoms with Crippen molar-refractivity contribution in [2.75, 3.05) is 0 Å². The highest BCUT2D eigenvalue weighted by Gasteiger charge is 2.28. The van der Waals surface area contributed by atoms with Crippen molar-refractivity contribution in [3.63, 3.8) is 0 Å². The number of nitriles is 1. The Morgan fingerprint density at radius 3 is 2.48 bits per heavy atom. The van der Waals surface area contributed by atoms with Crippen LogP contribution in [0.5, 0.6) is 0 Å². The first-order valence-corrected chi connectivity index (χ1v) is 6.82. The van der Waals surface area contributed by atoms with Crippen molar-refractivity contribution in [2.24, 2.45) is 10.9 Å². The Labute approximate surface area is 125 Å². The fraction of sp³-hybridized carbons (Fsp3) is 0.412. The first kappa shape index (κ1) is 19.0. The van der Waals surface area contributed by atoms with Gasteiger partial charge in [-0.3, -0.25) is 0 Å². The van der Waals surface area contributed by atoms with Crippen LogP contribution in [0.2, 0.25) is 0 Å². The molecular formula is C17H22F2N2. The van der Waals surface area contributed by atoms with Gasteiger partial charge in [-0.1, -0.05) is 44.7 Å². The maximum atomic E-state index is 13.4. The molecule has 0 bridgehead atoms. The number of halogens is 2. The zero-order chi connectivity index (χ0) is 16.5. The quantitative estimate of drug-likeness (QED) is 0.360. The first-order valence-electron chi connectivity index (χ1n) is 6.82. The maximum Gasteiger partial charge on any atom is 0.251 e. The second-order valence-corrected chi connectivity index (χ2v) is 4.74. The van der Waals surface area contributed by atoms with Gasteiger partial charge in [0.05, 0.1) is 0 Å². The topological polar surface area (TPSA) is 36.1 Å². The van der Waals surface area contributed by atoms with Gasteiger partial charge in [-0.05, 0) is 31.4 Å². The van der Waals surface area contributed by atoms with Crippen molar-refractivity contribution in [1.29, 1.82) is 5.26 Å². The van der Waals surface area contributed by atoms with Crippen molar-refractivity contribution in [1.82, 2.24) is 0 Å². The molecule has 21 heavy (non-hydrogen) atoms. The number of hydrogen-bond acceptors (Lipinski definition) is 2. The standard InChI is InChI=1S/C17H22F2N2/c1-6-8-9-16(10-13(3)17(5,18)19)15(7-2)12-21-14(4)11-20/h7-10,12-13H,4,6H2,1-3,5H3/b9-8-,15-7+,16-10-,21-12?. The van der Waals surface area contributed by atoms with E-state index in [1.807, 2.05) is 19.1 Å². The van der Waals surface area contributed by atoms with Crippen LogP contribution in [0.3, 0.4) is 0 Å². The minimum atomic E-state index is -2.79. The molecule has 0 spiro atoms. The Morgan fingerprint density at radius 2 is 2.05 bits per heavy atom. The van der Waals surface area contributed by atoms with Crippen LogP contribution in [0.25, 0.3) is 0 Å². The molecule has 0 aliphatic rings. The molecule has 0 aromatic heterocycles. The van der Waals surface area contributed by atoms with Crippen LogP contribution in [0.15, 0.2) is 52.7 Å². The van der Waals surface area contributed by atoms with E-state index in [-0.39, 0.29) is 5.70 Å². The number of rotatable bonds is 7. The molecule has 0 aromatic carbocycles. The molecule has 0 aromatic rings. The van der Waals surface area contributed by atoms with E-state index in [4.69, 9.17) is 5.26 Å². The van der Waals surface area contributed by atoms with Gasteiger partial charge in [0.2, 0.25) is 0 Å². The smallest absolute Gasteiger partial charge is 0.246 e. The van der Waals surface area contributed by atoms with E-state index < -0.39 is 11.8 Å². The number of allylic oxidation sites excluding steroid dienone is 7.